The van der Waals surface area contributed by atoms with Gasteiger partial charge in [0, 0.05) is 26.1 Å². The molecule has 1 aliphatic heterocycles. The van der Waals surface area contributed by atoms with Crippen LogP contribution in [0.4, 0.5) is 0 Å². The number of nitrogens with zero attached hydrogens (tertiary/aromatic N) is 1. The molecule has 8 nitrogen and oxygen atoms in total. The van der Waals surface area contributed by atoms with E-state index in [4.69, 9.17) is 9.47 Å². The summed E-state index contributed by atoms with van der Waals surface area (Å²) < 4.78 is 15.1. The fraction of sp³-hybridized carbons (Fsp3) is 0.526. The number of benzene rings is 1. The zero-order valence-electron chi connectivity index (χ0n) is 15.7. The number of nitrogens with one attached hydrogen (secondary N) is 1. The van der Waals surface area contributed by atoms with Crippen molar-refractivity contribution in [1.82, 2.24) is 10.2 Å². The van der Waals surface area contributed by atoms with Crippen LogP contribution < -0.4 is 10.1 Å². The summed E-state index contributed by atoms with van der Waals surface area (Å²) in [6.07, 6.45) is 1.06. The van der Waals surface area contributed by atoms with Gasteiger partial charge in [-0.2, -0.15) is 0 Å². The maximum Gasteiger partial charge on any atom is 0.330 e. The largest absolute Gasteiger partial charge is 0.484 e. The van der Waals surface area contributed by atoms with E-state index in [-0.39, 0.29) is 30.9 Å². The summed E-state index contributed by atoms with van der Waals surface area (Å²) in [4.78, 5) is 38.0. The van der Waals surface area contributed by atoms with Crippen LogP contribution in [0.2, 0.25) is 0 Å². The summed E-state index contributed by atoms with van der Waals surface area (Å²) in [5, 5.41) is 2.66. The normalized spacial score (nSPS) is 15.7. The van der Waals surface area contributed by atoms with E-state index in [0.29, 0.717) is 31.7 Å². The molecule has 0 aromatic heterocycles. The molecule has 1 unspecified atom stereocenters. The van der Waals surface area contributed by atoms with Crippen LogP contribution in [0.15, 0.2) is 30.3 Å². The zero-order chi connectivity index (χ0) is 19.6. The van der Waals surface area contributed by atoms with E-state index in [9.17, 15) is 14.4 Å². The smallest absolute Gasteiger partial charge is 0.330 e. The van der Waals surface area contributed by atoms with Gasteiger partial charge in [-0.25, -0.2) is 4.79 Å². The summed E-state index contributed by atoms with van der Waals surface area (Å²) in [5.74, 6) is -0.490. The topological polar surface area (TPSA) is 94.2 Å². The van der Waals surface area contributed by atoms with Gasteiger partial charge in [0.15, 0.2) is 12.6 Å². The minimum atomic E-state index is -0.827. The third kappa shape index (κ3) is 6.25. The Morgan fingerprint density at radius 2 is 1.81 bits per heavy atom. The number of likely N-dealkylation sites (tertiary alicyclic amines) is 1. The lowest BCUT2D eigenvalue weighted by molar-refractivity contribution is -0.147. The fourth-order valence-corrected chi connectivity index (χ4v) is 2.91. The predicted molar refractivity (Wildman–Crippen MR) is 97.1 cm³/mol. The second-order valence-electron chi connectivity index (χ2n) is 6.30. The lowest BCUT2D eigenvalue weighted by Crippen LogP contribution is -2.49. The van der Waals surface area contributed by atoms with E-state index in [1.165, 1.54) is 14.2 Å². The molecule has 27 heavy (non-hydrogen) atoms. The van der Waals surface area contributed by atoms with Gasteiger partial charge in [-0.1, -0.05) is 18.2 Å². The molecular formula is C19H26N2O6. The first-order chi connectivity index (χ1) is 13.0. The third-order valence-electron chi connectivity index (χ3n) is 4.46. The number of carbonyl (C=O) groups excluding carboxylic acids is 3. The quantitative estimate of drug-likeness (QED) is 0.666. The predicted octanol–water partition coefficient (Wildman–Crippen LogP) is 0.608. The molecule has 2 amide bonds. The average Bonchev–Trinajstić information content (AvgIpc) is 2.71. The Labute approximate surface area is 158 Å². The van der Waals surface area contributed by atoms with E-state index < -0.39 is 12.0 Å². The Bertz CT molecular complexity index is 628. The first-order valence-corrected chi connectivity index (χ1v) is 8.88. The standard InChI is InChI=1S/C19H26N2O6/c1-25-12-16(19(24)26-2)20-18(23)14-8-10-21(11-9-14)17(22)13-27-15-6-4-3-5-7-15/h3-7,14,16H,8-13H2,1-2H3,(H,20,23). The summed E-state index contributed by atoms with van der Waals surface area (Å²) in [5.41, 5.74) is 0. The highest BCUT2D eigenvalue weighted by atomic mass is 16.5. The molecule has 0 spiro atoms. The molecule has 0 radical (unpaired) electrons. The lowest BCUT2D eigenvalue weighted by Gasteiger charge is -2.31. The van der Waals surface area contributed by atoms with Crippen LogP contribution in [0.5, 0.6) is 5.75 Å². The number of rotatable bonds is 8. The number of piperidine rings is 1. The van der Waals surface area contributed by atoms with E-state index in [0.717, 1.165) is 0 Å². The summed E-state index contributed by atoms with van der Waals surface area (Å²) in [6, 6.07) is 8.32. The van der Waals surface area contributed by atoms with Crippen molar-refractivity contribution >= 4 is 17.8 Å². The number of hydrogen-bond acceptors (Lipinski definition) is 6. The Morgan fingerprint density at radius 3 is 2.41 bits per heavy atom. The van der Waals surface area contributed by atoms with Gasteiger partial charge < -0.3 is 24.4 Å². The van der Waals surface area contributed by atoms with Crippen LogP contribution in [0.3, 0.4) is 0 Å². The van der Waals surface area contributed by atoms with Crippen LogP contribution in [0, 0.1) is 5.92 Å². The molecule has 1 saturated heterocycles. The van der Waals surface area contributed by atoms with Gasteiger partial charge >= 0.3 is 5.97 Å². The number of hydrogen-bond donors (Lipinski definition) is 1. The molecule has 0 saturated carbocycles. The molecule has 1 aromatic rings. The SMILES string of the molecule is COCC(NC(=O)C1CCN(C(=O)COc2ccccc2)CC1)C(=O)OC. The van der Waals surface area contributed by atoms with Crippen LogP contribution in [0.25, 0.3) is 0 Å². The van der Waals surface area contributed by atoms with Gasteiger partial charge in [-0.05, 0) is 25.0 Å². The summed E-state index contributed by atoms with van der Waals surface area (Å²) >= 11 is 0. The minimum Gasteiger partial charge on any atom is -0.484 e. The minimum absolute atomic E-state index is 0.0286. The fourth-order valence-electron chi connectivity index (χ4n) is 2.91. The molecule has 0 bridgehead atoms. The number of ether oxygens (including phenoxy) is 3. The highest BCUT2D eigenvalue weighted by Crippen LogP contribution is 2.18. The Hall–Kier alpha value is -2.61. The highest BCUT2D eigenvalue weighted by molar-refractivity contribution is 5.86. The average molecular weight is 378 g/mol. The van der Waals surface area contributed by atoms with Crippen LogP contribution >= 0.6 is 0 Å². The second-order valence-corrected chi connectivity index (χ2v) is 6.30. The second kappa shape index (κ2) is 10.5. The van der Waals surface area contributed by atoms with Gasteiger partial charge in [0.25, 0.3) is 5.91 Å². The summed E-state index contributed by atoms with van der Waals surface area (Å²) in [7, 11) is 2.71. The van der Waals surface area contributed by atoms with E-state index in [1.807, 2.05) is 18.2 Å². The van der Waals surface area contributed by atoms with Crippen molar-refractivity contribution in [1.29, 1.82) is 0 Å². The molecule has 1 heterocycles. The van der Waals surface area contributed by atoms with Crippen molar-refractivity contribution in [3.05, 3.63) is 30.3 Å². The highest BCUT2D eigenvalue weighted by Gasteiger charge is 2.30. The van der Waals surface area contributed by atoms with Crippen molar-refractivity contribution in [3.8, 4) is 5.75 Å². The van der Waals surface area contributed by atoms with E-state index >= 15 is 0 Å². The third-order valence-corrected chi connectivity index (χ3v) is 4.46. The van der Waals surface area contributed by atoms with Gasteiger partial charge in [0.2, 0.25) is 5.91 Å². The maximum absolute atomic E-state index is 12.4. The molecule has 1 fully saturated rings. The van der Waals surface area contributed by atoms with Gasteiger partial charge in [0.05, 0.1) is 13.7 Å². The van der Waals surface area contributed by atoms with Gasteiger partial charge in [-0.3, -0.25) is 9.59 Å². The van der Waals surface area contributed by atoms with Gasteiger partial charge in [-0.15, -0.1) is 0 Å². The molecular weight excluding hydrogens is 352 g/mol. The summed E-state index contributed by atoms with van der Waals surface area (Å²) in [6.45, 7) is 0.968. The van der Waals surface area contributed by atoms with Crippen molar-refractivity contribution < 1.29 is 28.6 Å². The number of methoxy groups -OCH3 is 2. The molecule has 0 aliphatic carbocycles. The van der Waals surface area contributed by atoms with E-state index in [2.05, 4.69) is 10.1 Å². The molecule has 1 N–H and O–H groups in total. The molecule has 1 aliphatic rings. The molecule has 148 valence electrons. The van der Waals surface area contributed by atoms with Crippen LogP contribution in [0.1, 0.15) is 12.8 Å². The number of para-hydroxylation sites is 1. The molecule has 2 rings (SSSR count). The van der Waals surface area contributed by atoms with Crippen molar-refractivity contribution in [2.45, 2.75) is 18.9 Å². The van der Waals surface area contributed by atoms with E-state index in [1.54, 1.807) is 17.0 Å². The number of carbonyl (C=O) groups is 3. The van der Waals surface area contributed by atoms with Crippen molar-refractivity contribution in [3.63, 3.8) is 0 Å². The molecule has 1 atom stereocenters. The number of esters is 1. The first kappa shape index (κ1) is 20.7. The van der Waals surface area contributed by atoms with Crippen LogP contribution in [-0.4, -0.2) is 69.2 Å². The Morgan fingerprint density at radius 1 is 1.15 bits per heavy atom. The Kier molecular flexibility index (Phi) is 8.06. The zero-order valence-corrected chi connectivity index (χ0v) is 15.7. The Balaban J connectivity index is 1.77. The maximum atomic E-state index is 12.4. The monoisotopic (exact) mass is 378 g/mol. The molecule has 1 aromatic carbocycles. The lowest BCUT2D eigenvalue weighted by atomic mass is 9.95. The first-order valence-electron chi connectivity index (χ1n) is 8.88. The van der Waals surface area contributed by atoms with Gasteiger partial charge in [0.1, 0.15) is 5.75 Å². The van der Waals surface area contributed by atoms with Crippen molar-refractivity contribution in [2.75, 3.05) is 40.5 Å². The van der Waals surface area contributed by atoms with Crippen molar-refractivity contribution in [2.24, 2.45) is 5.92 Å². The van der Waals surface area contributed by atoms with Crippen LogP contribution in [-0.2, 0) is 23.9 Å². The number of amides is 2. The molecule has 8 heteroatoms.